The molecule has 4 rings (SSSR count). The molecule has 1 aromatic heterocycles. The van der Waals surface area contributed by atoms with Gasteiger partial charge in [-0.25, -0.2) is 4.98 Å². The van der Waals surface area contributed by atoms with Crippen molar-refractivity contribution in [2.75, 3.05) is 20.1 Å². The lowest BCUT2D eigenvalue weighted by molar-refractivity contribution is -0.142. The maximum Gasteiger partial charge on any atom is 0.266 e. The van der Waals surface area contributed by atoms with Crippen LogP contribution in [0.25, 0.3) is 0 Å². The Labute approximate surface area is 302 Å². The van der Waals surface area contributed by atoms with Crippen LogP contribution in [0.1, 0.15) is 65.2 Å². The largest absolute Gasteiger partial charge is 0.346 e. The lowest BCUT2D eigenvalue weighted by Gasteiger charge is -2.33. The number of aryl methyl sites for hydroxylation is 2. The van der Waals surface area contributed by atoms with Crippen molar-refractivity contribution in [2.45, 2.75) is 78.2 Å². The van der Waals surface area contributed by atoms with Crippen molar-refractivity contribution in [3.05, 3.63) is 87.4 Å². The van der Waals surface area contributed by atoms with E-state index in [1.54, 1.807) is 52.0 Å². The van der Waals surface area contributed by atoms with Gasteiger partial charge in [-0.2, -0.15) is 0 Å². The number of likely N-dealkylation sites (N-methyl/N-ethyl adjacent to an activating group) is 1. The van der Waals surface area contributed by atoms with Gasteiger partial charge in [0.05, 0.1) is 23.3 Å². The minimum atomic E-state index is -1.10. The smallest absolute Gasteiger partial charge is 0.266 e. The number of carbonyl (C=O) groups excluding carboxylic acids is 6. The summed E-state index contributed by atoms with van der Waals surface area (Å²) in [4.78, 5) is 90.0. The SMILES string of the molecule is Cc1nc(C)c(C(=O)N2CC(=O)N[C@@H](Cc3ccccc3)C(=O)N(C)[C@@H](C)C(=O)N[C@H](C(C)C)C(=O)N[C@@H](C)C(=O)N[C@H](c3ccccc3)C2)s1. The Kier molecular flexibility index (Phi) is 13.1. The number of nitrogens with zero attached hydrogens (tertiary/aromatic N) is 3. The normalized spacial score (nSPS) is 23.1. The van der Waals surface area contributed by atoms with E-state index in [1.807, 2.05) is 36.4 Å². The molecule has 5 atom stereocenters. The molecule has 0 saturated carbocycles. The lowest BCUT2D eigenvalue weighted by Crippen LogP contribution is -2.59. The van der Waals surface area contributed by atoms with Gasteiger partial charge in [-0.1, -0.05) is 74.5 Å². The fraction of sp³-hybridized carbons (Fsp3) is 0.432. The molecular formula is C37H47N7O6S. The third-order valence-corrected chi connectivity index (χ3v) is 9.92. The number of carbonyl (C=O) groups is 6. The zero-order valence-electron chi connectivity index (χ0n) is 30.1. The summed E-state index contributed by atoms with van der Waals surface area (Å²) in [5.74, 6) is -3.65. The Bertz CT molecular complexity index is 1730. The van der Waals surface area contributed by atoms with Crippen molar-refractivity contribution in [3.63, 3.8) is 0 Å². The van der Waals surface area contributed by atoms with Crippen LogP contribution in [0.3, 0.4) is 0 Å². The van der Waals surface area contributed by atoms with Gasteiger partial charge in [-0.3, -0.25) is 28.8 Å². The van der Waals surface area contributed by atoms with Crippen molar-refractivity contribution >= 4 is 46.8 Å². The van der Waals surface area contributed by atoms with E-state index in [1.165, 1.54) is 42.0 Å². The molecule has 1 aliphatic rings. The monoisotopic (exact) mass is 717 g/mol. The number of aromatic nitrogens is 1. The first-order valence-electron chi connectivity index (χ1n) is 17.0. The summed E-state index contributed by atoms with van der Waals surface area (Å²) in [5, 5.41) is 11.9. The zero-order valence-corrected chi connectivity index (χ0v) is 30.9. The minimum absolute atomic E-state index is 0.113. The molecule has 2 aromatic carbocycles. The highest BCUT2D eigenvalue weighted by Gasteiger charge is 2.35. The van der Waals surface area contributed by atoms with E-state index in [2.05, 4.69) is 26.3 Å². The maximum atomic E-state index is 14.2. The Balaban J connectivity index is 1.79. The van der Waals surface area contributed by atoms with Gasteiger partial charge in [0.1, 0.15) is 29.0 Å². The van der Waals surface area contributed by atoms with E-state index >= 15 is 0 Å². The molecule has 1 aliphatic heterocycles. The first kappa shape index (κ1) is 38.7. The highest BCUT2D eigenvalue weighted by Crippen LogP contribution is 2.22. The molecule has 1 fully saturated rings. The van der Waals surface area contributed by atoms with Crippen LogP contribution >= 0.6 is 11.3 Å². The molecular weight excluding hydrogens is 671 g/mol. The number of rotatable bonds is 5. The van der Waals surface area contributed by atoms with Crippen LogP contribution in [0.15, 0.2) is 60.7 Å². The molecule has 0 radical (unpaired) electrons. The summed E-state index contributed by atoms with van der Waals surface area (Å²) in [6, 6.07) is 13.2. The van der Waals surface area contributed by atoms with Crippen LogP contribution < -0.4 is 21.3 Å². The molecule has 0 unspecified atom stereocenters. The lowest BCUT2D eigenvalue weighted by atomic mass is 10.0. The van der Waals surface area contributed by atoms with Gasteiger partial charge in [-0.15, -0.1) is 11.3 Å². The second kappa shape index (κ2) is 17.2. The quantitative estimate of drug-likeness (QED) is 0.314. The number of thiazole rings is 1. The highest BCUT2D eigenvalue weighted by molar-refractivity contribution is 7.13. The summed E-state index contributed by atoms with van der Waals surface area (Å²) in [6.07, 6.45) is 0.114. The molecule has 13 nitrogen and oxygen atoms in total. The standard InChI is InChI=1S/C37H47N7O6S/c1-21(2)31-35(48)39-23(4)33(46)41-29(27-16-12-9-13-17-27)19-44(37(50)32-22(3)38-25(6)51-32)20-30(45)40-28(18-26-14-10-8-11-15-26)36(49)43(7)24(5)34(47)42-31/h8-17,21,23-24,28-29,31H,18-20H2,1-7H3,(H,39,48)(H,40,45)(H,41,46)(H,42,47)/t23-,24-,28-,29-,31+/m0/s1. The molecule has 3 aromatic rings. The van der Waals surface area contributed by atoms with Crippen molar-refractivity contribution in [1.29, 1.82) is 0 Å². The van der Waals surface area contributed by atoms with Crippen LogP contribution in [-0.2, 0) is 30.4 Å². The molecule has 6 amide bonds. The Hall–Kier alpha value is -5.11. The number of nitrogens with one attached hydrogen (secondary N) is 4. The molecule has 272 valence electrons. The molecule has 14 heteroatoms. The van der Waals surface area contributed by atoms with E-state index in [0.29, 0.717) is 21.1 Å². The van der Waals surface area contributed by atoms with Crippen molar-refractivity contribution in [3.8, 4) is 0 Å². The summed E-state index contributed by atoms with van der Waals surface area (Å²) in [5.41, 5.74) is 1.93. The van der Waals surface area contributed by atoms with Crippen LogP contribution in [0.2, 0.25) is 0 Å². The average Bonchev–Trinajstić information content (AvgIpc) is 3.45. The van der Waals surface area contributed by atoms with Gasteiger partial charge >= 0.3 is 0 Å². The summed E-state index contributed by atoms with van der Waals surface area (Å²) in [6.45, 7) is 9.50. The molecule has 51 heavy (non-hydrogen) atoms. The summed E-state index contributed by atoms with van der Waals surface area (Å²) in [7, 11) is 1.46. The Morgan fingerprint density at radius 1 is 0.863 bits per heavy atom. The van der Waals surface area contributed by atoms with Gasteiger partial charge in [0.15, 0.2) is 0 Å². The summed E-state index contributed by atoms with van der Waals surface area (Å²) < 4.78 is 0. The fourth-order valence-electron chi connectivity index (χ4n) is 5.78. The third kappa shape index (κ3) is 10.00. The van der Waals surface area contributed by atoms with E-state index in [0.717, 1.165) is 5.56 Å². The Morgan fingerprint density at radius 3 is 2.08 bits per heavy atom. The van der Waals surface area contributed by atoms with Gasteiger partial charge in [0, 0.05) is 20.0 Å². The van der Waals surface area contributed by atoms with Gasteiger partial charge in [0.25, 0.3) is 5.91 Å². The molecule has 0 spiro atoms. The first-order chi connectivity index (χ1) is 24.2. The van der Waals surface area contributed by atoms with Crippen molar-refractivity contribution < 1.29 is 28.8 Å². The summed E-state index contributed by atoms with van der Waals surface area (Å²) >= 11 is 1.20. The number of amides is 6. The predicted octanol–water partition coefficient (Wildman–Crippen LogP) is 2.29. The molecule has 2 heterocycles. The molecule has 0 bridgehead atoms. The number of benzene rings is 2. The van der Waals surface area contributed by atoms with Crippen molar-refractivity contribution in [2.24, 2.45) is 5.92 Å². The predicted molar refractivity (Wildman–Crippen MR) is 193 cm³/mol. The van der Waals surface area contributed by atoms with E-state index < -0.39 is 72.2 Å². The van der Waals surface area contributed by atoms with Gasteiger partial charge < -0.3 is 31.1 Å². The third-order valence-electron chi connectivity index (χ3n) is 8.86. The van der Waals surface area contributed by atoms with Crippen LogP contribution in [0, 0.1) is 19.8 Å². The van der Waals surface area contributed by atoms with Crippen LogP contribution in [-0.4, -0.2) is 94.5 Å². The first-order valence-corrected chi connectivity index (χ1v) is 17.8. The molecule has 4 N–H and O–H groups in total. The van der Waals surface area contributed by atoms with Crippen molar-refractivity contribution in [1.82, 2.24) is 36.1 Å². The zero-order chi connectivity index (χ0) is 37.4. The molecule has 0 aliphatic carbocycles. The Morgan fingerprint density at radius 2 is 1.49 bits per heavy atom. The van der Waals surface area contributed by atoms with Gasteiger partial charge in [-0.05, 0) is 44.7 Å². The van der Waals surface area contributed by atoms with E-state index in [-0.39, 0.29) is 18.9 Å². The average molecular weight is 718 g/mol. The van der Waals surface area contributed by atoms with E-state index in [4.69, 9.17) is 0 Å². The minimum Gasteiger partial charge on any atom is -0.346 e. The topological polar surface area (TPSA) is 170 Å². The number of hydrogen-bond donors (Lipinski definition) is 4. The van der Waals surface area contributed by atoms with Gasteiger partial charge in [0.2, 0.25) is 29.5 Å². The second-order valence-corrected chi connectivity index (χ2v) is 14.4. The second-order valence-electron chi connectivity index (χ2n) is 13.2. The molecule has 1 saturated heterocycles. The number of hydrogen-bond acceptors (Lipinski definition) is 8. The highest BCUT2D eigenvalue weighted by atomic mass is 32.1. The maximum absolute atomic E-state index is 14.2. The van der Waals surface area contributed by atoms with Crippen LogP contribution in [0.5, 0.6) is 0 Å². The van der Waals surface area contributed by atoms with E-state index in [9.17, 15) is 28.8 Å². The fourth-order valence-corrected chi connectivity index (χ4v) is 6.67. The van der Waals surface area contributed by atoms with Crippen LogP contribution in [0.4, 0.5) is 0 Å².